The third kappa shape index (κ3) is 3.65. The normalized spacial score (nSPS) is 19.4. The van der Waals surface area contributed by atoms with Crippen LogP contribution in [0.4, 0.5) is 0 Å². The SMILES string of the molecule is CC(C)(C)[Si]OC(C)(C)c1cnc(C2c3c(Cl)cccc3C(=O)C2(C)C)[nH]1. The second kappa shape index (κ2) is 6.57. The summed E-state index contributed by atoms with van der Waals surface area (Å²) in [6, 6.07) is 5.52. The van der Waals surface area contributed by atoms with Gasteiger partial charge in [-0.25, -0.2) is 4.98 Å². The fourth-order valence-corrected chi connectivity index (χ4v) is 4.43. The zero-order valence-electron chi connectivity index (χ0n) is 17.0. The number of rotatable bonds is 4. The predicted octanol–water partition coefficient (Wildman–Crippen LogP) is 5.51. The van der Waals surface area contributed by atoms with Gasteiger partial charge in [-0.1, -0.05) is 58.4 Å². The average molecular weight is 403 g/mol. The maximum absolute atomic E-state index is 12.9. The number of hydrogen-bond donors (Lipinski definition) is 1. The molecule has 3 rings (SSSR count). The van der Waals surface area contributed by atoms with Crippen LogP contribution in [0.3, 0.4) is 0 Å². The van der Waals surface area contributed by atoms with E-state index in [0.29, 0.717) is 20.3 Å². The minimum absolute atomic E-state index is 0.104. The third-order valence-corrected chi connectivity index (χ3v) is 6.58. The molecule has 1 aliphatic carbocycles. The molecule has 1 unspecified atom stereocenters. The van der Waals surface area contributed by atoms with Crippen molar-refractivity contribution in [2.45, 2.75) is 65.0 Å². The molecule has 0 amide bonds. The van der Waals surface area contributed by atoms with Crippen LogP contribution in [-0.4, -0.2) is 25.5 Å². The molecule has 1 heterocycles. The Morgan fingerprint density at radius 1 is 1.22 bits per heavy atom. The lowest BCUT2D eigenvalue weighted by atomic mass is 9.78. The summed E-state index contributed by atoms with van der Waals surface area (Å²) in [5.74, 6) is 0.655. The van der Waals surface area contributed by atoms with Gasteiger partial charge in [-0.05, 0) is 30.5 Å². The second-order valence-electron chi connectivity index (χ2n) is 9.33. The molecular formula is C21H27ClN2O2Si. The molecule has 0 fully saturated rings. The number of nitrogens with zero attached hydrogens (tertiary/aromatic N) is 1. The molecule has 0 spiro atoms. The summed E-state index contributed by atoms with van der Waals surface area (Å²) in [5.41, 5.74) is 1.36. The number of halogens is 1. The summed E-state index contributed by atoms with van der Waals surface area (Å²) in [4.78, 5) is 21.0. The Morgan fingerprint density at radius 2 is 1.89 bits per heavy atom. The molecule has 0 saturated carbocycles. The van der Waals surface area contributed by atoms with Crippen LogP contribution < -0.4 is 0 Å². The quantitative estimate of drug-likeness (QED) is 0.686. The number of carbonyl (C=O) groups excluding carboxylic acids is 1. The standard InChI is InChI=1S/C21H27ClN2O2Si/c1-19(2,3)27-26-21(6,7)14-11-23-18(24-14)16-15-12(9-8-10-13(15)22)17(25)20(16,4)5/h8-11,16H,1-7H3,(H,23,24). The third-order valence-electron chi connectivity index (χ3n) is 5.02. The van der Waals surface area contributed by atoms with Crippen molar-refractivity contribution in [2.75, 3.05) is 0 Å². The van der Waals surface area contributed by atoms with E-state index in [1.54, 1.807) is 0 Å². The van der Waals surface area contributed by atoms with E-state index in [1.165, 1.54) is 0 Å². The van der Waals surface area contributed by atoms with Gasteiger partial charge in [-0.2, -0.15) is 0 Å². The van der Waals surface area contributed by atoms with E-state index in [0.717, 1.165) is 17.1 Å². The van der Waals surface area contributed by atoms with Gasteiger partial charge < -0.3 is 9.41 Å². The number of nitrogens with one attached hydrogen (secondary N) is 1. The summed E-state index contributed by atoms with van der Waals surface area (Å²) in [6.45, 7) is 14.5. The van der Waals surface area contributed by atoms with E-state index < -0.39 is 11.0 Å². The molecule has 1 aliphatic rings. The first kappa shape index (κ1) is 20.3. The van der Waals surface area contributed by atoms with Gasteiger partial charge >= 0.3 is 0 Å². The number of Topliss-reactive ketones (excluding diaryl/α,β-unsaturated/α-hetero) is 1. The van der Waals surface area contributed by atoms with Crippen LogP contribution in [0.15, 0.2) is 24.4 Å². The number of ketones is 1. The smallest absolute Gasteiger partial charge is 0.237 e. The van der Waals surface area contributed by atoms with E-state index in [9.17, 15) is 4.79 Å². The Kier molecular flexibility index (Phi) is 4.94. The first-order valence-corrected chi connectivity index (χ1v) is 10.5. The molecule has 1 aromatic carbocycles. The van der Waals surface area contributed by atoms with Crippen LogP contribution in [0.25, 0.3) is 0 Å². The lowest BCUT2D eigenvalue weighted by Crippen LogP contribution is -2.28. The van der Waals surface area contributed by atoms with Crippen molar-refractivity contribution in [2.24, 2.45) is 5.41 Å². The van der Waals surface area contributed by atoms with Gasteiger partial charge in [-0.3, -0.25) is 4.79 Å². The van der Waals surface area contributed by atoms with E-state index in [4.69, 9.17) is 16.0 Å². The van der Waals surface area contributed by atoms with E-state index in [-0.39, 0.29) is 16.7 Å². The summed E-state index contributed by atoms with van der Waals surface area (Å²) in [5, 5.41) is 0.714. The van der Waals surface area contributed by atoms with Crippen molar-refractivity contribution in [1.82, 2.24) is 9.97 Å². The zero-order chi connectivity index (χ0) is 20.2. The minimum atomic E-state index is -0.611. The van der Waals surface area contributed by atoms with Gasteiger partial charge in [0.15, 0.2) is 5.78 Å². The molecule has 4 nitrogen and oxygen atoms in total. The first-order valence-electron chi connectivity index (χ1n) is 9.18. The van der Waals surface area contributed by atoms with Crippen LogP contribution in [0, 0.1) is 5.41 Å². The number of carbonyl (C=O) groups is 1. The van der Waals surface area contributed by atoms with Crippen molar-refractivity contribution in [1.29, 1.82) is 0 Å². The summed E-state index contributed by atoms with van der Waals surface area (Å²) in [6.07, 6.45) is 1.82. The summed E-state index contributed by atoms with van der Waals surface area (Å²) in [7, 11) is 0.365. The van der Waals surface area contributed by atoms with Gasteiger partial charge in [0.05, 0.1) is 23.4 Å². The molecule has 1 aromatic heterocycles. The Labute approximate surface area is 169 Å². The van der Waals surface area contributed by atoms with Crippen LogP contribution in [0.2, 0.25) is 10.1 Å². The number of benzene rings is 1. The largest absolute Gasteiger partial charge is 0.406 e. The van der Waals surface area contributed by atoms with Gasteiger partial charge in [0, 0.05) is 16.0 Å². The molecule has 27 heavy (non-hydrogen) atoms. The number of fused-ring (bicyclic) bond motifs is 1. The predicted molar refractivity (Wildman–Crippen MR) is 110 cm³/mol. The fraction of sp³-hybridized carbons (Fsp3) is 0.524. The van der Waals surface area contributed by atoms with Crippen molar-refractivity contribution in [3.05, 3.63) is 52.1 Å². The maximum Gasteiger partial charge on any atom is 0.237 e. The Balaban J connectivity index is 1.98. The molecule has 0 saturated heterocycles. The highest BCUT2D eigenvalue weighted by atomic mass is 35.5. The molecule has 6 heteroatoms. The van der Waals surface area contributed by atoms with Crippen molar-refractivity contribution in [3.8, 4) is 0 Å². The molecule has 0 aliphatic heterocycles. The number of aromatic nitrogens is 2. The Hall–Kier alpha value is -1.43. The topological polar surface area (TPSA) is 55.0 Å². The van der Waals surface area contributed by atoms with Gasteiger partial charge in [0.25, 0.3) is 0 Å². The van der Waals surface area contributed by atoms with Gasteiger partial charge in [0.2, 0.25) is 9.76 Å². The highest BCUT2D eigenvalue weighted by Crippen LogP contribution is 2.51. The van der Waals surface area contributed by atoms with Gasteiger partial charge in [-0.15, -0.1) is 0 Å². The lowest BCUT2D eigenvalue weighted by molar-refractivity contribution is 0.0844. The van der Waals surface area contributed by atoms with Gasteiger partial charge in [0.1, 0.15) is 5.82 Å². The van der Waals surface area contributed by atoms with E-state index in [1.807, 2.05) is 52.1 Å². The van der Waals surface area contributed by atoms with Crippen LogP contribution >= 0.6 is 11.6 Å². The zero-order valence-corrected chi connectivity index (χ0v) is 18.8. The summed E-state index contributed by atoms with van der Waals surface area (Å²) < 4.78 is 6.19. The minimum Gasteiger partial charge on any atom is -0.406 e. The molecule has 1 N–H and O–H groups in total. The van der Waals surface area contributed by atoms with Crippen molar-refractivity contribution >= 4 is 27.1 Å². The first-order chi connectivity index (χ1) is 12.3. The maximum atomic E-state index is 12.9. The summed E-state index contributed by atoms with van der Waals surface area (Å²) >= 11 is 6.49. The second-order valence-corrected chi connectivity index (χ2v) is 11.6. The fourth-order valence-electron chi connectivity index (χ4n) is 3.47. The molecule has 144 valence electrons. The Morgan fingerprint density at radius 3 is 2.52 bits per heavy atom. The van der Waals surface area contributed by atoms with E-state index in [2.05, 4.69) is 30.7 Å². The van der Waals surface area contributed by atoms with Crippen LogP contribution in [0.5, 0.6) is 0 Å². The van der Waals surface area contributed by atoms with Crippen LogP contribution in [-0.2, 0) is 10.0 Å². The Bertz CT molecular complexity index is 881. The van der Waals surface area contributed by atoms with Crippen molar-refractivity contribution < 1.29 is 9.22 Å². The number of imidazole rings is 1. The molecule has 1 atom stereocenters. The highest BCUT2D eigenvalue weighted by Gasteiger charge is 2.49. The lowest BCUT2D eigenvalue weighted by Gasteiger charge is -2.28. The van der Waals surface area contributed by atoms with Crippen LogP contribution in [0.1, 0.15) is 81.8 Å². The number of H-pyrrole nitrogens is 1. The van der Waals surface area contributed by atoms with E-state index >= 15 is 0 Å². The van der Waals surface area contributed by atoms with Crippen molar-refractivity contribution in [3.63, 3.8) is 0 Å². The number of aromatic amines is 1. The molecular weight excluding hydrogens is 376 g/mol. The highest BCUT2D eigenvalue weighted by molar-refractivity contribution is 6.32. The molecule has 2 radical (unpaired) electrons. The average Bonchev–Trinajstić information content (AvgIpc) is 3.10. The number of hydrogen-bond acceptors (Lipinski definition) is 3. The monoisotopic (exact) mass is 402 g/mol. The molecule has 0 bridgehead atoms. The molecule has 2 aromatic rings.